The quantitative estimate of drug-likeness (QED) is 0.719. The van der Waals surface area contributed by atoms with Crippen LogP contribution in [0.4, 0.5) is 0 Å². The molecule has 1 aliphatic heterocycles. The van der Waals surface area contributed by atoms with Crippen molar-refractivity contribution in [2.75, 3.05) is 26.9 Å². The molecular weight excluding hydrogens is 204 g/mol. The van der Waals surface area contributed by atoms with Crippen molar-refractivity contribution in [1.82, 2.24) is 4.90 Å². The Hall–Kier alpha value is -0.160. The second-order valence-electron chi connectivity index (χ2n) is 5.10. The van der Waals surface area contributed by atoms with Crippen LogP contribution in [0.15, 0.2) is 0 Å². The molecule has 1 rings (SSSR count). The lowest BCUT2D eigenvalue weighted by Crippen LogP contribution is -2.57. The van der Waals surface area contributed by atoms with E-state index in [0.29, 0.717) is 18.6 Å². The molecule has 0 bridgehead atoms. The Labute approximate surface area is 98.8 Å². The van der Waals surface area contributed by atoms with Gasteiger partial charge >= 0.3 is 0 Å². The fourth-order valence-electron chi connectivity index (χ4n) is 2.57. The molecule has 1 heterocycles. The van der Waals surface area contributed by atoms with Crippen molar-refractivity contribution < 1.29 is 9.84 Å². The van der Waals surface area contributed by atoms with Crippen LogP contribution in [0.1, 0.15) is 26.7 Å². The van der Waals surface area contributed by atoms with Gasteiger partial charge in [0.1, 0.15) is 0 Å². The SMILES string of the molecule is COCC(N)C(CO)N1CC(C)CCC1C. The number of piperidine rings is 1. The Morgan fingerprint density at radius 3 is 2.69 bits per heavy atom. The van der Waals surface area contributed by atoms with Gasteiger partial charge in [0, 0.05) is 25.7 Å². The molecule has 4 heteroatoms. The van der Waals surface area contributed by atoms with Gasteiger partial charge in [-0.1, -0.05) is 6.92 Å². The molecule has 4 atom stereocenters. The van der Waals surface area contributed by atoms with Crippen LogP contribution < -0.4 is 5.73 Å². The lowest BCUT2D eigenvalue weighted by atomic mass is 9.92. The zero-order chi connectivity index (χ0) is 12.1. The van der Waals surface area contributed by atoms with Crippen LogP contribution in [-0.2, 0) is 4.74 Å². The van der Waals surface area contributed by atoms with Crippen LogP contribution in [-0.4, -0.2) is 55.0 Å². The molecule has 0 radical (unpaired) electrons. The number of nitrogens with two attached hydrogens (primary N) is 1. The summed E-state index contributed by atoms with van der Waals surface area (Å²) in [7, 11) is 1.65. The van der Waals surface area contributed by atoms with Gasteiger partial charge in [-0.2, -0.15) is 0 Å². The van der Waals surface area contributed by atoms with Gasteiger partial charge in [-0.25, -0.2) is 0 Å². The Bertz CT molecular complexity index is 201. The number of rotatable bonds is 5. The van der Waals surface area contributed by atoms with Crippen LogP contribution in [0.2, 0.25) is 0 Å². The minimum absolute atomic E-state index is 0.0256. The zero-order valence-electron chi connectivity index (χ0n) is 10.7. The fourth-order valence-corrected chi connectivity index (χ4v) is 2.57. The minimum Gasteiger partial charge on any atom is -0.395 e. The number of aliphatic hydroxyl groups is 1. The van der Waals surface area contributed by atoms with E-state index in [4.69, 9.17) is 10.5 Å². The third-order valence-corrected chi connectivity index (χ3v) is 3.63. The molecule has 0 amide bonds. The van der Waals surface area contributed by atoms with Gasteiger partial charge < -0.3 is 15.6 Å². The van der Waals surface area contributed by atoms with Crippen molar-refractivity contribution in [2.45, 2.75) is 44.8 Å². The summed E-state index contributed by atoms with van der Waals surface area (Å²) in [5.74, 6) is 0.694. The smallest absolute Gasteiger partial charge is 0.0629 e. The van der Waals surface area contributed by atoms with E-state index in [1.807, 2.05) is 0 Å². The van der Waals surface area contributed by atoms with E-state index >= 15 is 0 Å². The van der Waals surface area contributed by atoms with Gasteiger partial charge in [0.2, 0.25) is 0 Å². The van der Waals surface area contributed by atoms with Crippen LogP contribution in [0.5, 0.6) is 0 Å². The molecule has 3 N–H and O–H groups in total. The van der Waals surface area contributed by atoms with Gasteiger partial charge in [0.05, 0.1) is 19.3 Å². The highest BCUT2D eigenvalue weighted by Gasteiger charge is 2.31. The van der Waals surface area contributed by atoms with Crippen molar-refractivity contribution in [3.63, 3.8) is 0 Å². The molecule has 0 aromatic heterocycles. The average Bonchev–Trinajstić information content (AvgIpc) is 2.24. The summed E-state index contributed by atoms with van der Waals surface area (Å²) >= 11 is 0. The monoisotopic (exact) mass is 230 g/mol. The normalized spacial score (nSPS) is 31.3. The summed E-state index contributed by atoms with van der Waals surface area (Å²) in [6, 6.07) is 0.428. The molecule has 0 spiro atoms. The topological polar surface area (TPSA) is 58.7 Å². The largest absolute Gasteiger partial charge is 0.395 e. The van der Waals surface area contributed by atoms with Crippen molar-refractivity contribution in [2.24, 2.45) is 11.7 Å². The van der Waals surface area contributed by atoms with Crippen molar-refractivity contribution in [1.29, 1.82) is 0 Å². The maximum atomic E-state index is 9.50. The Morgan fingerprint density at radius 1 is 1.44 bits per heavy atom. The maximum absolute atomic E-state index is 9.50. The van der Waals surface area contributed by atoms with Gasteiger partial charge in [-0.3, -0.25) is 4.90 Å². The zero-order valence-corrected chi connectivity index (χ0v) is 10.7. The van der Waals surface area contributed by atoms with Crippen molar-refractivity contribution in [3.8, 4) is 0 Å². The van der Waals surface area contributed by atoms with E-state index in [1.165, 1.54) is 12.8 Å². The summed E-state index contributed by atoms with van der Waals surface area (Å²) in [4.78, 5) is 2.35. The predicted molar refractivity (Wildman–Crippen MR) is 65.3 cm³/mol. The van der Waals surface area contributed by atoms with E-state index in [9.17, 15) is 5.11 Å². The molecule has 0 aliphatic carbocycles. The van der Waals surface area contributed by atoms with E-state index in [0.717, 1.165) is 6.54 Å². The Morgan fingerprint density at radius 2 is 2.12 bits per heavy atom. The van der Waals surface area contributed by atoms with E-state index < -0.39 is 0 Å². The number of methoxy groups -OCH3 is 1. The van der Waals surface area contributed by atoms with E-state index in [1.54, 1.807) is 7.11 Å². The van der Waals surface area contributed by atoms with E-state index in [2.05, 4.69) is 18.7 Å². The molecule has 4 nitrogen and oxygen atoms in total. The molecule has 1 fully saturated rings. The van der Waals surface area contributed by atoms with Gasteiger partial charge in [0.25, 0.3) is 0 Å². The predicted octanol–water partition coefficient (Wildman–Crippen LogP) is 0.441. The third kappa shape index (κ3) is 3.42. The number of aliphatic hydroxyl groups excluding tert-OH is 1. The Balaban J connectivity index is 2.62. The Kier molecular flexibility index (Phi) is 5.69. The molecule has 4 unspecified atom stereocenters. The number of ether oxygens (including phenoxy) is 1. The number of nitrogens with zero attached hydrogens (tertiary/aromatic N) is 1. The first-order valence-corrected chi connectivity index (χ1v) is 6.21. The van der Waals surface area contributed by atoms with Crippen LogP contribution in [0.25, 0.3) is 0 Å². The highest BCUT2D eigenvalue weighted by Crippen LogP contribution is 2.24. The first kappa shape index (κ1) is 13.9. The molecule has 0 saturated carbocycles. The first-order chi connectivity index (χ1) is 7.60. The maximum Gasteiger partial charge on any atom is 0.0629 e. The molecule has 1 aliphatic rings. The van der Waals surface area contributed by atoms with Gasteiger partial charge in [0.15, 0.2) is 0 Å². The van der Waals surface area contributed by atoms with Crippen molar-refractivity contribution in [3.05, 3.63) is 0 Å². The van der Waals surface area contributed by atoms with Crippen LogP contribution in [0.3, 0.4) is 0 Å². The summed E-state index contributed by atoms with van der Waals surface area (Å²) in [5, 5.41) is 9.50. The molecular formula is C12H26N2O2. The van der Waals surface area contributed by atoms with Crippen LogP contribution in [0, 0.1) is 5.92 Å². The van der Waals surface area contributed by atoms with Gasteiger partial charge in [-0.15, -0.1) is 0 Å². The lowest BCUT2D eigenvalue weighted by molar-refractivity contribution is 0.0166. The number of likely N-dealkylation sites (tertiary alicyclic amines) is 1. The minimum atomic E-state index is -0.109. The lowest BCUT2D eigenvalue weighted by Gasteiger charge is -2.43. The van der Waals surface area contributed by atoms with Crippen LogP contribution >= 0.6 is 0 Å². The average molecular weight is 230 g/mol. The summed E-state index contributed by atoms with van der Waals surface area (Å²) in [6.07, 6.45) is 2.46. The highest BCUT2D eigenvalue weighted by molar-refractivity contribution is 4.88. The summed E-state index contributed by atoms with van der Waals surface area (Å²) in [6.45, 7) is 6.12. The summed E-state index contributed by atoms with van der Waals surface area (Å²) in [5.41, 5.74) is 6.05. The second-order valence-corrected chi connectivity index (χ2v) is 5.10. The molecule has 1 saturated heterocycles. The first-order valence-electron chi connectivity index (χ1n) is 6.21. The molecule has 0 aromatic rings. The third-order valence-electron chi connectivity index (χ3n) is 3.63. The number of hydrogen-bond acceptors (Lipinski definition) is 4. The molecule has 96 valence electrons. The van der Waals surface area contributed by atoms with Gasteiger partial charge in [-0.05, 0) is 25.7 Å². The standard InChI is InChI=1S/C12H26N2O2/c1-9-4-5-10(2)14(6-9)12(7-15)11(13)8-16-3/h9-12,15H,4-8,13H2,1-3H3. The second kappa shape index (κ2) is 6.55. The molecule has 16 heavy (non-hydrogen) atoms. The van der Waals surface area contributed by atoms with Crippen molar-refractivity contribution >= 4 is 0 Å². The van der Waals surface area contributed by atoms with E-state index in [-0.39, 0.29) is 18.7 Å². The summed E-state index contributed by atoms with van der Waals surface area (Å²) < 4.78 is 5.08. The number of hydrogen-bond donors (Lipinski definition) is 2. The molecule has 0 aromatic carbocycles. The fraction of sp³-hybridized carbons (Fsp3) is 1.00. The highest BCUT2D eigenvalue weighted by atomic mass is 16.5.